The number of ether oxygens (including phenoxy) is 1. The maximum Gasteiger partial charge on any atom is 0.122 e. The van der Waals surface area contributed by atoms with Crippen molar-refractivity contribution in [3.05, 3.63) is 59.9 Å². The molecule has 1 aromatic heterocycles. The van der Waals surface area contributed by atoms with Crippen molar-refractivity contribution in [2.24, 2.45) is 0 Å². The molecular weight excluding hydrogens is 276 g/mol. The van der Waals surface area contributed by atoms with Crippen LogP contribution in [0.15, 0.2) is 48.8 Å². The van der Waals surface area contributed by atoms with Gasteiger partial charge in [-0.15, -0.1) is 0 Å². The summed E-state index contributed by atoms with van der Waals surface area (Å²) in [5, 5.41) is 10.2. The number of imidazole rings is 1. The number of nitrogens with zero attached hydrogens (tertiary/aromatic N) is 2. The lowest BCUT2D eigenvalue weighted by Crippen LogP contribution is -2.23. The molecule has 0 bridgehead atoms. The summed E-state index contributed by atoms with van der Waals surface area (Å²) in [6.45, 7) is 4.79. The molecule has 0 spiro atoms. The molecule has 4 heteroatoms. The van der Waals surface area contributed by atoms with Crippen molar-refractivity contribution in [2.45, 2.75) is 26.5 Å². The number of para-hydroxylation sites is 2. The molecule has 3 rings (SSSR count). The van der Waals surface area contributed by atoms with Gasteiger partial charge in [0, 0.05) is 0 Å². The molecule has 0 fully saturated rings. The van der Waals surface area contributed by atoms with Crippen molar-refractivity contribution in [2.75, 3.05) is 6.61 Å². The second-order valence-corrected chi connectivity index (χ2v) is 5.62. The van der Waals surface area contributed by atoms with Crippen LogP contribution < -0.4 is 4.74 Å². The summed E-state index contributed by atoms with van der Waals surface area (Å²) in [5.41, 5.74) is 4.24. The van der Waals surface area contributed by atoms with Crippen LogP contribution in [0.1, 0.15) is 11.1 Å². The van der Waals surface area contributed by atoms with Gasteiger partial charge < -0.3 is 14.4 Å². The first-order valence-corrected chi connectivity index (χ1v) is 7.41. The minimum absolute atomic E-state index is 0.260. The van der Waals surface area contributed by atoms with Crippen LogP contribution in [-0.4, -0.2) is 27.4 Å². The molecule has 1 N–H and O–H groups in total. The summed E-state index contributed by atoms with van der Waals surface area (Å²) in [4.78, 5) is 4.32. The molecular formula is C18H20N2O2. The van der Waals surface area contributed by atoms with E-state index in [1.165, 1.54) is 5.56 Å². The molecule has 1 heterocycles. The van der Waals surface area contributed by atoms with Crippen molar-refractivity contribution in [1.29, 1.82) is 0 Å². The van der Waals surface area contributed by atoms with Crippen LogP contribution in [0.3, 0.4) is 0 Å². The topological polar surface area (TPSA) is 47.3 Å². The molecule has 1 atom stereocenters. The number of hydrogen-bond donors (Lipinski definition) is 1. The Labute approximate surface area is 130 Å². The van der Waals surface area contributed by atoms with Crippen molar-refractivity contribution >= 4 is 11.0 Å². The lowest BCUT2D eigenvalue weighted by atomic mass is 10.1. The summed E-state index contributed by atoms with van der Waals surface area (Å²) >= 11 is 0. The van der Waals surface area contributed by atoms with E-state index in [1.54, 1.807) is 6.33 Å². The molecule has 114 valence electrons. The molecule has 3 aromatic rings. The van der Waals surface area contributed by atoms with Crippen molar-refractivity contribution in [3.8, 4) is 5.75 Å². The molecule has 2 aromatic carbocycles. The van der Waals surface area contributed by atoms with Gasteiger partial charge in [-0.1, -0.05) is 29.8 Å². The number of aryl methyl sites for hydroxylation is 2. The van der Waals surface area contributed by atoms with E-state index in [-0.39, 0.29) is 6.61 Å². The maximum absolute atomic E-state index is 10.2. The number of aromatic nitrogens is 2. The van der Waals surface area contributed by atoms with Crippen molar-refractivity contribution < 1.29 is 9.84 Å². The summed E-state index contributed by atoms with van der Waals surface area (Å²) in [6.07, 6.45) is 1.17. The average Bonchev–Trinajstić information content (AvgIpc) is 2.90. The number of aliphatic hydroxyl groups is 1. The van der Waals surface area contributed by atoms with Crippen molar-refractivity contribution in [3.63, 3.8) is 0 Å². The molecule has 0 radical (unpaired) electrons. The molecule has 0 aliphatic heterocycles. The Morgan fingerprint density at radius 1 is 1.18 bits per heavy atom. The van der Waals surface area contributed by atoms with E-state index in [4.69, 9.17) is 4.74 Å². The third-order valence-corrected chi connectivity index (χ3v) is 3.70. The Morgan fingerprint density at radius 3 is 2.82 bits per heavy atom. The lowest BCUT2D eigenvalue weighted by molar-refractivity contribution is 0.0931. The third-order valence-electron chi connectivity index (χ3n) is 3.70. The van der Waals surface area contributed by atoms with E-state index in [9.17, 15) is 5.11 Å². The van der Waals surface area contributed by atoms with Gasteiger partial charge in [-0.05, 0) is 37.6 Å². The number of rotatable bonds is 5. The first-order valence-electron chi connectivity index (χ1n) is 7.41. The molecule has 4 nitrogen and oxygen atoms in total. The smallest absolute Gasteiger partial charge is 0.122 e. The van der Waals surface area contributed by atoms with Crippen LogP contribution in [0.5, 0.6) is 5.75 Å². The van der Waals surface area contributed by atoms with Gasteiger partial charge >= 0.3 is 0 Å². The minimum atomic E-state index is -0.585. The Bertz CT molecular complexity index is 780. The van der Waals surface area contributed by atoms with E-state index >= 15 is 0 Å². The quantitative estimate of drug-likeness (QED) is 0.787. The average molecular weight is 296 g/mol. The van der Waals surface area contributed by atoms with Crippen LogP contribution >= 0.6 is 0 Å². The largest absolute Gasteiger partial charge is 0.491 e. The first-order chi connectivity index (χ1) is 10.6. The number of fused-ring (bicyclic) bond motifs is 1. The van der Waals surface area contributed by atoms with E-state index in [0.29, 0.717) is 6.54 Å². The summed E-state index contributed by atoms with van der Waals surface area (Å²) < 4.78 is 7.68. The van der Waals surface area contributed by atoms with Gasteiger partial charge in [-0.25, -0.2) is 4.98 Å². The summed E-state index contributed by atoms with van der Waals surface area (Å²) in [7, 11) is 0. The molecule has 0 aliphatic rings. The van der Waals surface area contributed by atoms with Gasteiger partial charge in [-0.2, -0.15) is 0 Å². The van der Waals surface area contributed by atoms with E-state index in [0.717, 1.165) is 22.3 Å². The van der Waals surface area contributed by atoms with Gasteiger partial charge in [0.05, 0.1) is 23.9 Å². The van der Waals surface area contributed by atoms with Crippen molar-refractivity contribution in [1.82, 2.24) is 9.55 Å². The molecule has 0 saturated carbocycles. The number of aliphatic hydroxyl groups excluding tert-OH is 1. The van der Waals surface area contributed by atoms with Gasteiger partial charge in [0.15, 0.2) is 0 Å². The van der Waals surface area contributed by atoms with E-state index in [2.05, 4.69) is 18.0 Å². The van der Waals surface area contributed by atoms with Gasteiger partial charge in [-0.3, -0.25) is 0 Å². The normalized spacial score (nSPS) is 12.5. The standard InChI is InChI=1S/C18H20N2O2/c1-13-7-8-18(14(2)9-13)22-11-15(21)10-20-12-19-16-5-3-4-6-17(16)20/h3-9,12,15,21H,10-11H2,1-2H3/t15-/m0/s1. The highest BCUT2D eigenvalue weighted by atomic mass is 16.5. The van der Waals surface area contributed by atoms with Crippen LogP contribution in [0.25, 0.3) is 11.0 Å². The predicted octanol–water partition coefficient (Wildman–Crippen LogP) is 3.09. The molecule has 0 aliphatic carbocycles. The fourth-order valence-corrected chi connectivity index (χ4v) is 2.58. The summed E-state index contributed by atoms with van der Waals surface area (Å²) in [5.74, 6) is 0.820. The van der Waals surface area contributed by atoms with Gasteiger partial charge in [0.25, 0.3) is 0 Å². The third kappa shape index (κ3) is 3.12. The highest BCUT2D eigenvalue weighted by molar-refractivity contribution is 5.74. The fraction of sp³-hybridized carbons (Fsp3) is 0.278. The molecule has 0 unspecified atom stereocenters. The Morgan fingerprint density at radius 2 is 2.00 bits per heavy atom. The van der Waals surface area contributed by atoms with Crippen LogP contribution in [-0.2, 0) is 6.54 Å². The molecule has 22 heavy (non-hydrogen) atoms. The lowest BCUT2D eigenvalue weighted by Gasteiger charge is -2.15. The SMILES string of the molecule is Cc1ccc(OC[C@@H](O)Cn2cnc3ccccc32)c(C)c1. The summed E-state index contributed by atoms with van der Waals surface area (Å²) in [6, 6.07) is 13.9. The molecule has 0 saturated heterocycles. The van der Waals surface area contributed by atoms with Crippen LogP contribution in [0.2, 0.25) is 0 Å². The van der Waals surface area contributed by atoms with E-state index < -0.39 is 6.10 Å². The maximum atomic E-state index is 10.2. The second kappa shape index (κ2) is 6.20. The molecule has 0 amide bonds. The van der Waals surface area contributed by atoms with Gasteiger partial charge in [0.2, 0.25) is 0 Å². The first kappa shape index (κ1) is 14.6. The number of benzene rings is 2. The Hall–Kier alpha value is -2.33. The predicted molar refractivity (Wildman–Crippen MR) is 87.2 cm³/mol. The second-order valence-electron chi connectivity index (χ2n) is 5.62. The Kier molecular flexibility index (Phi) is 4.11. The van der Waals surface area contributed by atoms with Crippen LogP contribution in [0.4, 0.5) is 0 Å². The Balaban J connectivity index is 1.64. The van der Waals surface area contributed by atoms with Gasteiger partial charge in [0.1, 0.15) is 18.5 Å². The highest BCUT2D eigenvalue weighted by Gasteiger charge is 2.10. The zero-order valence-electron chi connectivity index (χ0n) is 12.9. The fourth-order valence-electron chi connectivity index (χ4n) is 2.58. The zero-order valence-corrected chi connectivity index (χ0v) is 12.9. The monoisotopic (exact) mass is 296 g/mol. The number of hydrogen-bond acceptors (Lipinski definition) is 3. The minimum Gasteiger partial charge on any atom is -0.491 e. The van der Waals surface area contributed by atoms with Crippen LogP contribution in [0, 0.1) is 13.8 Å². The highest BCUT2D eigenvalue weighted by Crippen LogP contribution is 2.19. The zero-order chi connectivity index (χ0) is 15.5. The van der Waals surface area contributed by atoms with E-state index in [1.807, 2.05) is 47.9 Å².